The molecule has 1 heterocycles. The van der Waals surface area contributed by atoms with E-state index in [2.05, 4.69) is 10.6 Å². The van der Waals surface area contributed by atoms with E-state index < -0.39 is 0 Å². The van der Waals surface area contributed by atoms with E-state index >= 15 is 0 Å². The summed E-state index contributed by atoms with van der Waals surface area (Å²) in [5.74, 6) is 0.435. The number of carbonyl (C=O) groups excluding carboxylic acids is 2. The third-order valence-electron chi connectivity index (χ3n) is 4.44. The van der Waals surface area contributed by atoms with E-state index in [4.69, 9.17) is 9.47 Å². The summed E-state index contributed by atoms with van der Waals surface area (Å²) in [5.41, 5.74) is 1.27. The molecule has 0 aliphatic carbocycles. The molecule has 2 aromatic rings. The van der Waals surface area contributed by atoms with Crippen LogP contribution in [0.4, 0.5) is 5.69 Å². The fraction of sp³-hybridized carbons (Fsp3) is 0.300. The SMILES string of the molecule is COc1cc(NC(=O)c2ccccc2)c(C(=O)N2CCNCC2)cc1OC. The summed E-state index contributed by atoms with van der Waals surface area (Å²) < 4.78 is 10.7. The van der Waals surface area contributed by atoms with Crippen molar-refractivity contribution in [1.82, 2.24) is 10.2 Å². The summed E-state index contributed by atoms with van der Waals surface area (Å²) in [7, 11) is 3.03. The highest BCUT2D eigenvalue weighted by molar-refractivity contribution is 6.09. The molecule has 7 nitrogen and oxygen atoms in total. The Kier molecular flexibility index (Phi) is 5.93. The summed E-state index contributed by atoms with van der Waals surface area (Å²) in [6.07, 6.45) is 0. The molecule has 2 aromatic carbocycles. The average molecular weight is 369 g/mol. The number of methoxy groups -OCH3 is 2. The first-order chi connectivity index (χ1) is 13.1. The molecule has 2 amide bonds. The van der Waals surface area contributed by atoms with Gasteiger partial charge in [-0.1, -0.05) is 18.2 Å². The third kappa shape index (κ3) is 4.20. The van der Waals surface area contributed by atoms with Crippen LogP contribution < -0.4 is 20.1 Å². The number of benzene rings is 2. The van der Waals surface area contributed by atoms with Gasteiger partial charge in [-0.25, -0.2) is 0 Å². The quantitative estimate of drug-likeness (QED) is 0.843. The van der Waals surface area contributed by atoms with Crippen LogP contribution in [0.1, 0.15) is 20.7 Å². The van der Waals surface area contributed by atoms with Crippen molar-refractivity contribution in [3.05, 3.63) is 53.6 Å². The molecular formula is C20H23N3O4. The number of nitrogens with zero attached hydrogens (tertiary/aromatic N) is 1. The minimum atomic E-state index is -0.294. The highest BCUT2D eigenvalue weighted by atomic mass is 16.5. The highest BCUT2D eigenvalue weighted by Gasteiger charge is 2.24. The summed E-state index contributed by atoms with van der Waals surface area (Å²) in [6, 6.07) is 12.1. The lowest BCUT2D eigenvalue weighted by molar-refractivity contribution is 0.0736. The lowest BCUT2D eigenvalue weighted by Crippen LogP contribution is -2.46. The van der Waals surface area contributed by atoms with Gasteiger partial charge in [0, 0.05) is 37.8 Å². The number of amides is 2. The molecular weight excluding hydrogens is 346 g/mol. The first kappa shape index (κ1) is 18.7. The second-order valence-corrected chi connectivity index (χ2v) is 6.12. The standard InChI is InChI=1S/C20H23N3O4/c1-26-17-12-15(20(25)23-10-8-21-9-11-23)16(13-18(17)27-2)22-19(24)14-6-4-3-5-7-14/h3-7,12-13,21H,8-11H2,1-2H3,(H,22,24). The maximum absolute atomic E-state index is 13.1. The largest absolute Gasteiger partial charge is 0.493 e. The zero-order valence-electron chi connectivity index (χ0n) is 15.5. The van der Waals surface area contributed by atoms with Gasteiger partial charge in [0.25, 0.3) is 11.8 Å². The smallest absolute Gasteiger partial charge is 0.256 e. The van der Waals surface area contributed by atoms with E-state index in [-0.39, 0.29) is 11.8 Å². The van der Waals surface area contributed by atoms with Crippen LogP contribution in [0.25, 0.3) is 0 Å². The minimum absolute atomic E-state index is 0.152. The average Bonchev–Trinajstić information content (AvgIpc) is 2.74. The number of piperazine rings is 1. The van der Waals surface area contributed by atoms with Crippen LogP contribution in [-0.4, -0.2) is 57.1 Å². The Balaban J connectivity index is 1.96. The summed E-state index contributed by atoms with van der Waals surface area (Å²) in [5, 5.41) is 6.06. The van der Waals surface area contributed by atoms with Crippen molar-refractivity contribution in [2.24, 2.45) is 0 Å². The molecule has 7 heteroatoms. The zero-order valence-corrected chi connectivity index (χ0v) is 15.5. The molecule has 0 radical (unpaired) electrons. The molecule has 0 saturated carbocycles. The van der Waals surface area contributed by atoms with Gasteiger partial charge < -0.3 is 25.0 Å². The van der Waals surface area contributed by atoms with Crippen LogP contribution in [0.15, 0.2) is 42.5 Å². The normalized spacial score (nSPS) is 13.8. The van der Waals surface area contributed by atoms with Crippen molar-refractivity contribution in [2.45, 2.75) is 0 Å². The van der Waals surface area contributed by atoms with Crippen molar-refractivity contribution < 1.29 is 19.1 Å². The summed E-state index contributed by atoms with van der Waals surface area (Å²) in [4.78, 5) is 27.4. The predicted molar refractivity (Wildman–Crippen MR) is 103 cm³/mol. The van der Waals surface area contributed by atoms with Crippen molar-refractivity contribution in [3.8, 4) is 11.5 Å². The van der Waals surface area contributed by atoms with Crippen LogP contribution in [0, 0.1) is 0 Å². The molecule has 3 rings (SSSR count). The first-order valence-corrected chi connectivity index (χ1v) is 8.76. The summed E-state index contributed by atoms with van der Waals surface area (Å²) >= 11 is 0. The molecule has 1 fully saturated rings. The lowest BCUT2D eigenvalue weighted by Gasteiger charge is -2.28. The first-order valence-electron chi connectivity index (χ1n) is 8.76. The Morgan fingerprint density at radius 1 is 1.00 bits per heavy atom. The van der Waals surface area contributed by atoms with Gasteiger partial charge in [-0.2, -0.15) is 0 Å². The Hall–Kier alpha value is -3.06. The van der Waals surface area contributed by atoms with E-state index in [0.29, 0.717) is 41.4 Å². The van der Waals surface area contributed by atoms with Crippen molar-refractivity contribution in [1.29, 1.82) is 0 Å². The van der Waals surface area contributed by atoms with E-state index in [9.17, 15) is 9.59 Å². The number of hydrogen-bond donors (Lipinski definition) is 2. The van der Waals surface area contributed by atoms with Crippen molar-refractivity contribution in [2.75, 3.05) is 45.7 Å². The predicted octanol–water partition coefficient (Wildman–Crippen LogP) is 2.00. The Morgan fingerprint density at radius 3 is 2.26 bits per heavy atom. The summed E-state index contributed by atoms with van der Waals surface area (Å²) in [6.45, 7) is 2.70. The second kappa shape index (κ2) is 8.55. The fourth-order valence-electron chi connectivity index (χ4n) is 2.98. The minimum Gasteiger partial charge on any atom is -0.493 e. The molecule has 0 bridgehead atoms. The van der Waals surface area contributed by atoms with Gasteiger partial charge in [0.15, 0.2) is 11.5 Å². The zero-order chi connectivity index (χ0) is 19.2. The highest BCUT2D eigenvalue weighted by Crippen LogP contribution is 2.34. The number of carbonyl (C=O) groups is 2. The maximum atomic E-state index is 13.1. The molecule has 142 valence electrons. The molecule has 0 spiro atoms. The molecule has 1 aliphatic rings. The molecule has 27 heavy (non-hydrogen) atoms. The van der Waals surface area contributed by atoms with Gasteiger partial charge >= 0.3 is 0 Å². The lowest BCUT2D eigenvalue weighted by atomic mass is 10.1. The van der Waals surface area contributed by atoms with E-state index in [1.807, 2.05) is 6.07 Å². The van der Waals surface area contributed by atoms with Crippen LogP contribution in [0.5, 0.6) is 11.5 Å². The molecule has 0 aromatic heterocycles. The van der Waals surface area contributed by atoms with Crippen LogP contribution in [0.3, 0.4) is 0 Å². The van der Waals surface area contributed by atoms with E-state index in [1.54, 1.807) is 41.3 Å². The van der Waals surface area contributed by atoms with Gasteiger partial charge in [-0.3, -0.25) is 9.59 Å². The second-order valence-electron chi connectivity index (χ2n) is 6.12. The molecule has 1 saturated heterocycles. The van der Waals surface area contributed by atoms with Gasteiger partial charge in [0.2, 0.25) is 0 Å². The van der Waals surface area contributed by atoms with Crippen LogP contribution in [-0.2, 0) is 0 Å². The Bertz CT molecular complexity index is 817. The Labute approximate surface area is 158 Å². The number of hydrogen-bond acceptors (Lipinski definition) is 5. The van der Waals surface area contributed by atoms with Gasteiger partial charge in [-0.05, 0) is 18.2 Å². The monoisotopic (exact) mass is 369 g/mol. The van der Waals surface area contributed by atoms with Crippen molar-refractivity contribution >= 4 is 17.5 Å². The molecule has 1 aliphatic heterocycles. The van der Waals surface area contributed by atoms with E-state index in [1.165, 1.54) is 14.2 Å². The maximum Gasteiger partial charge on any atom is 0.256 e. The number of nitrogens with one attached hydrogen (secondary N) is 2. The van der Waals surface area contributed by atoms with E-state index in [0.717, 1.165) is 13.1 Å². The Morgan fingerprint density at radius 2 is 1.63 bits per heavy atom. The van der Waals surface area contributed by atoms with Crippen LogP contribution in [0.2, 0.25) is 0 Å². The topological polar surface area (TPSA) is 79.9 Å². The molecule has 2 N–H and O–H groups in total. The van der Waals surface area contributed by atoms with Crippen LogP contribution >= 0.6 is 0 Å². The van der Waals surface area contributed by atoms with Gasteiger partial charge in [0.05, 0.1) is 25.5 Å². The van der Waals surface area contributed by atoms with Crippen molar-refractivity contribution in [3.63, 3.8) is 0 Å². The van der Waals surface area contributed by atoms with Gasteiger partial charge in [0.1, 0.15) is 0 Å². The fourth-order valence-corrected chi connectivity index (χ4v) is 2.98. The number of rotatable bonds is 5. The third-order valence-corrected chi connectivity index (χ3v) is 4.44. The number of anilines is 1. The number of ether oxygens (including phenoxy) is 2. The molecule has 0 unspecified atom stereocenters. The molecule has 0 atom stereocenters. The van der Waals surface area contributed by atoms with Gasteiger partial charge in [-0.15, -0.1) is 0 Å².